The van der Waals surface area contributed by atoms with Crippen molar-refractivity contribution in [3.05, 3.63) is 54.1 Å². The van der Waals surface area contributed by atoms with Gasteiger partial charge in [0, 0.05) is 32.1 Å². The summed E-state index contributed by atoms with van der Waals surface area (Å²) >= 11 is 0. The molecule has 5 N–H and O–H groups in total. The Morgan fingerprint density at radius 2 is 1.44 bits per heavy atom. The molecule has 3 rings (SSSR count). The average Bonchev–Trinajstić information content (AvgIpc) is 2.98. The standard InChI is InChI=1S/C28H39N9O6/c1-28(2,3)43-27(40)31-14-16-42-18-17-41-15-13-30-23(38)8-6-9-24(39)33-20-10-11-22(32-19-20)26-36-34-25(35-37-26)21-7-4-5-12-29-21/h4-5,7,10-12,19H,6,8-9,13-18H2,1-3H3,(H,30,38)(H,31,40)(H,33,39)(H,34,35)(H,36,37). The molecule has 15 heteroatoms. The highest BCUT2D eigenvalue weighted by Gasteiger charge is 2.16. The van der Waals surface area contributed by atoms with E-state index < -0.39 is 11.7 Å². The number of carbonyl (C=O) groups is 3. The predicted molar refractivity (Wildman–Crippen MR) is 159 cm³/mol. The highest BCUT2D eigenvalue weighted by atomic mass is 16.6. The van der Waals surface area contributed by atoms with Crippen molar-refractivity contribution in [3.8, 4) is 0 Å². The first-order valence-electron chi connectivity index (χ1n) is 13.9. The molecule has 3 amide bonds. The number of rotatable bonds is 16. The van der Waals surface area contributed by atoms with Gasteiger partial charge in [-0.3, -0.25) is 30.4 Å². The smallest absolute Gasteiger partial charge is 0.407 e. The Morgan fingerprint density at radius 3 is 2.02 bits per heavy atom. The Morgan fingerprint density at radius 1 is 0.791 bits per heavy atom. The number of hydrogen-bond acceptors (Lipinski definition) is 12. The molecule has 3 heterocycles. The fourth-order valence-electron chi connectivity index (χ4n) is 3.45. The molecule has 0 radical (unpaired) electrons. The van der Waals surface area contributed by atoms with E-state index in [1.807, 2.05) is 18.2 Å². The molecule has 2 aromatic heterocycles. The third kappa shape index (κ3) is 13.3. The molecule has 0 atom stereocenters. The van der Waals surface area contributed by atoms with E-state index in [0.29, 0.717) is 74.7 Å². The molecular formula is C28H39N9O6. The van der Waals surface area contributed by atoms with Crippen LogP contribution in [0.3, 0.4) is 0 Å². The van der Waals surface area contributed by atoms with E-state index in [0.717, 1.165) is 0 Å². The van der Waals surface area contributed by atoms with Crippen molar-refractivity contribution < 1.29 is 28.6 Å². The summed E-state index contributed by atoms with van der Waals surface area (Å²) in [5, 5.41) is 16.6. The molecular weight excluding hydrogens is 558 g/mol. The number of nitrogens with zero attached hydrogens (tertiary/aromatic N) is 4. The van der Waals surface area contributed by atoms with Crippen molar-refractivity contribution >= 4 is 35.3 Å². The van der Waals surface area contributed by atoms with Crippen LogP contribution in [0.15, 0.2) is 52.9 Å². The Kier molecular flexibility index (Phi) is 13.3. The number of amides is 3. The Balaban J connectivity index is 1.18. The summed E-state index contributed by atoms with van der Waals surface area (Å²) in [6.45, 7) is 7.48. The summed E-state index contributed by atoms with van der Waals surface area (Å²) in [6, 6.07) is 8.89. The maximum atomic E-state index is 12.3. The van der Waals surface area contributed by atoms with Crippen LogP contribution in [0.4, 0.5) is 10.5 Å². The van der Waals surface area contributed by atoms with Crippen LogP contribution < -0.4 is 26.8 Å². The van der Waals surface area contributed by atoms with Crippen molar-refractivity contribution in [2.24, 2.45) is 10.2 Å². The molecule has 43 heavy (non-hydrogen) atoms. The molecule has 0 aliphatic carbocycles. The van der Waals surface area contributed by atoms with E-state index in [1.165, 1.54) is 6.20 Å². The van der Waals surface area contributed by atoms with Crippen molar-refractivity contribution in [2.45, 2.75) is 45.6 Å². The summed E-state index contributed by atoms with van der Waals surface area (Å²) in [6.07, 6.45) is 3.51. The fourth-order valence-corrected chi connectivity index (χ4v) is 3.45. The molecule has 0 spiro atoms. The van der Waals surface area contributed by atoms with Crippen LogP contribution >= 0.6 is 0 Å². The summed E-state index contributed by atoms with van der Waals surface area (Å²) in [7, 11) is 0. The number of anilines is 1. The number of amidine groups is 2. The van der Waals surface area contributed by atoms with Crippen LogP contribution in [0, 0.1) is 0 Å². The molecule has 232 valence electrons. The van der Waals surface area contributed by atoms with Gasteiger partial charge in [0.15, 0.2) is 11.7 Å². The van der Waals surface area contributed by atoms with Gasteiger partial charge in [0.2, 0.25) is 11.8 Å². The second-order valence-corrected chi connectivity index (χ2v) is 10.2. The van der Waals surface area contributed by atoms with E-state index in [4.69, 9.17) is 14.2 Å². The number of carbonyl (C=O) groups excluding carboxylic acids is 3. The van der Waals surface area contributed by atoms with Gasteiger partial charge in [0.05, 0.1) is 38.3 Å². The number of hydrogen-bond donors (Lipinski definition) is 5. The minimum Gasteiger partial charge on any atom is -0.444 e. The number of alkyl carbamates (subject to hydrolysis) is 1. The first-order valence-corrected chi connectivity index (χ1v) is 13.9. The maximum absolute atomic E-state index is 12.3. The highest BCUT2D eigenvalue weighted by molar-refractivity contribution is 6.04. The van der Waals surface area contributed by atoms with Gasteiger partial charge in [-0.1, -0.05) is 6.07 Å². The van der Waals surface area contributed by atoms with Gasteiger partial charge >= 0.3 is 6.09 Å². The lowest BCUT2D eigenvalue weighted by Gasteiger charge is -2.19. The molecule has 0 unspecified atom stereocenters. The van der Waals surface area contributed by atoms with Gasteiger partial charge < -0.3 is 30.2 Å². The number of nitrogens with one attached hydrogen (secondary N) is 5. The summed E-state index contributed by atoms with van der Waals surface area (Å²) in [5.41, 5.74) is 6.86. The molecule has 0 fully saturated rings. The largest absolute Gasteiger partial charge is 0.444 e. The molecule has 1 aliphatic rings. The van der Waals surface area contributed by atoms with Crippen LogP contribution in [0.2, 0.25) is 0 Å². The Hall–Kier alpha value is -4.63. The third-order valence-electron chi connectivity index (χ3n) is 5.41. The number of ether oxygens (including phenoxy) is 3. The minimum absolute atomic E-state index is 0.157. The van der Waals surface area contributed by atoms with Gasteiger partial charge in [-0.25, -0.2) is 4.79 Å². The topological polar surface area (TPSA) is 190 Å². The summed E-state index contributed by atoms with van der Waals surface area (Å²) < 4.78 is 15.9. The molecule has 15 nitrogen and oxygen atoms in total. The second kappa shape index (κ2) is 17.4. The number of hydrazone groups is 2. The van der Waals surface area contributed by atoms with Crippen LogP contribution in [-0.2, 0) is 23.8 Å². The van der Waals surface area contributed by atoms with Crippen molar-refractivity contribution in [3.63, 3.8) is 0 Å². The monoisotopic (exact) mass is 597 g/mol. The quantitative estimate of drug-likeness (QED) is 0.177. The van der Waals surface area contributed by atoms with Gasteiger partial charge in [-0.05, 0) is 51.5 Å². The third-order valence-corrected chi connectivity index (χ3v) is 5.41. The number of aromatic nitrogens is 2. The lowest BCUT2D eigenvalue weighted by molar-refractivity contribution is -0.121. The van der Waals surface area contributed by atoms with Crippen molar-refractivity contribution in [1.29, 1.82) is 0 Å². The van der Waals surface area contributed by atoms with E-state index in [9.17, 15) is 14.4 Å². The molecule has 0 saturated heterocycles. The van der Waals surface area contributed by atoms with Crippen LogP contribution in [0.1, 0.15) is 51.4 Å². The normalized spacial score (nSPS) is 12.6. The zero-order chi connectivity index (χ0) is 30.9. The number of pyridine rings is 2. The van der Waals surface area contributed by atoms with Gasteiger partial charge in [0.25, 0.3) is 0 Å². The van der Waals surface area contributed by atoms with Gasteiger partial charge in [0.1, 0.15) is 17.0 Å². The lowest BCUT2D eigenvalue weighted by atomic mass is 10.2. The van der Waals surface area contributed by atoms with Crippen molar-refractivity contribution in [1.82, 2.24) is 31.5 Å². The van der Waals surface area contributed by atoms with E-state index in [-0.39, 0.29) is 24.7 Å². The van der Waals surface area contributed by atoms with Crippen LogP contribution in [0.25, 0.3) is 0 Å². The zero-order valence-corrected chi connectivity index (χ0v) is 24.6. The summed E-state index contributed by atoms with van der Waals surface area (Å²) in [5.74, 6) is 0.536. The second-order valence-electron chi connectivity index (χ2n) is 10.2. The average molecular weight is 598 g/mol. The minimum atomic E-state index is -0.541. The summed E-state index contributed by atoms with van der Waals surface area (Å²) in [4.78, 5) is 44.3. The first kappa shape index (κ1) is 32.9. The predicted octanol–water partition coefficient (Wildman–Crippen LogP) is 1.48. The first-order chi connectivity index (χ1) is 20.7. The molecule has 0 saturated carbocycles. The SMILES string of the molecule is CC(C)(C)OC(=O)NCCOCCOCCNC(=O)CCCC(=O)Nc1ccc(C2=NNC(c3ccccn3)=NN2)nc1. The molecule has 0 bridgehead atoms. The molecule has 2 aromatic rings. The zero-order valence-electron chi connectivity index (χ0n) is 24.6. The van der Waals surface area contributed by atoms with Crippen molar-refractivity contribution in [2.75, 3.05) is 44.8 Å². The van der Waals surface area contributed by atoms with E-state index in [1.54, 1.807) is 39.1 Å². The molecule has 1 aliphatic heterocycles. The lowest BCUT2D eigenvalue weighted by Crippen LogP contribution is -2.35. The Bertz CT molecular complexity index is 1250. The van der Waals surface area contributed by atoms with E-state index in [2.05, 4.69) is 47.0 Å². The Labute approximate surface area is 250 Å². The molecule has 0 aromatic carbocycles. The fraction of sp³-hybridized carbons (Fsp3) is 0.464. The van der Waals surface area contributed by atoms with Gasteiger partial charge in [-0.15, -0.1) is 0 Å². The van der Waals surface area contributed by atoms with E-state index >= 15 is 0 Å². The maximum Gasteiger partial charge on any atom is 0.407 e. The van der Waals surface area contributed by atoms with Crippen LogP contribution in [-0.4, -0.2) is 84.7 Å². The van der Waals surface area contributed by atoms with Gasteiger partial charge in [-0.2, -0.15) is 10.2 Å². The van der Waals surface area contributed by atoms with Crippen LogP contribution in [0.5, 0.6) is 0 Å². The highest BCUT2D eigenvalue weighted by Crippen LogP contribution is 2.09.